The van der Waals surface area contributed by atoms with Gasteiger partial charge in [-0.3, -0.25) is 0 Å². The van der Waals surface area contributed by atoms with Crippen molar-refractivity contribution in [3.05, 3.63) is 35.4 Å². The Morgan fingerprint density at radius 3 is 2.33 bits per heavy atom. The summed E-state index contributed by atoms with van der Waals surface area (Å²) in [5.41, 5.74) is 1.53. The third-order valence-electron chi connectivity index (χ3n) is 3.64. The number of aliphatic hydroxyl groups is 2. The van der Waals surface area contributed by atoms with E-state index in [1.165, 1.54) is 5.56 Å². The summed E-state index contributed by atoms with van der Waals surface area (Å²) >= 11 is 0. The molecule has 2 atom stereocenters. The molecule has 3 N–H and O–H groups in total. The highest BCUT2D eigenvalue weighted by atomic mass is 16.3. The van der Waals surface area contributed by atoms with Gasteiger partial charge in [0.05, 0.1) is 11.7 Å². The Morgan fingerprint density at radius 1 is 1.19 bits per heavy atom. The van der Waals surface area contributed by atoms with E-state index in [2.05, 4.69) is 38.2 Å². The monoisotopic (exact) mass is 293 g/mol. The van der Waals surface area contributed by atoms with Crippen LogP contribution in [-0.2, 0) is 6.42 Å². The van der Waals surface area contributed by atoms with Gasteiger partial charge in [0.2, 0.25) is 0 Å². The number of hydrogen-bond acceptors (Lipinski definition) is 3. The fourth-order valence-electron chi connectivity index (χ4n) is 2.57. The van der Waals surface area contributed by atoms with Gasteiger partial charge in [-0.15, -0.1) is 0 Å². The fraction of sp³-hybridized carbons (Fsp3) is 0.667. The lowest BCUT2D eigenvalue weighted by molar-refractivity contribution is 0.0461. The van der Waals surface area contributed by atoms with Gasteiger partial charge >= 0.3 is 0 Å². The Morgan fingerprint density at radius 2 is 1.81 bits per heavy atom. The first-order valence-electron chi connectivity index (χ1n) is 8.04. The van der Waals surface area contributed by atoms with E-state index in [0.717, 1.165) is 24.8 Å². The first-order chi connectivity index (χ1) is 9.84. The molecule has 0 amide bonds. The number of hydrogen-bond donors (Lipinski definition) is 3. The SMILES string of the molecule is CCCC(C)(O)CNCC(O)c1ccc(CC(C)C)cc1. The lowest BCUT2D eigenvalue weighted by atomic mass is 9.99. The summed E-state index contributed by atoms with van der Waals surface area (Å²) in [5, 5.41) is 23.4. The topological polar surface area (TPSA) is 52.5 Å². The Balaban J connectivity index is 2.43. The van der Waals surface area contributed by atoms with Gasteiger partial charge in [-0.2, -0.15) is 0 Å². The van der Waals surface area contributed by atoms with Crippen LogP contribution in [0.15, 0.2) is 24.3 Å². The molecule has 0 saturated heterocycles. The summed E-state index contributed by atoms with van der Waals surface area (Å²) in [6, 6.07) is 8.17. The van der Waals surface area contributed by atoms with Crippen LogP contribution in [0.5, 0.6) is 0 Å². The molecule has 0 heterocycles. The molecule has 3 heteroatoms. The second kappa shape index (κ2) is 8.52. The molecule has 0 radical (unpaired) electrons. The van der Waals surface area contributed by atoms with Crippen LogP contribution in [0.4, 0.5) is 0 Å². The molecule has 1 aromatic rings. The van der Waals surface area contributed by atoms with Crippen molar-refractivity contribution in [2.45, 2.75) is 58.7 Å². The minimum absolute atomic E-state index is 0.462. The fourth-order valence-corrected chi connectivity index (χ4v) is 2.57. The van der Waals surface area contributed by atoms with Crippen molar-refractivity contribution in [2.75, 3.05) is 13.1 Å². The van der Waals surface area contributed by atoms with Crippen LogP contribution in [0, 0.1) is 5.92 Å². The third kappa shape index (κ3) is 7.07. The molecule has 0 aliphatic heterocycles. The van der Waals surface area contributed by atoms with Gasteiger partial charge in [0.25, 0.3) is 0 Å². The van der Waals surface area contributed by atoms with Crippen molar-refractivity contribution in [3.8, 4) is 0 Å². The van der Waals surface area contributed by atoms with Gasteiger partial charge in [-0.05, 0) is 36.8 Å². The van der Waals surface area contributed by atoms with E-state index in [1.54, 1.807) is 0 Å². The van der Waals surface area contributed by atoms with Crippen LogP contribution in [0.3, 0.4) is 0 Å². The van der Waals surface area contributed by atoms with Gasteiger partial charge in [-0.1, -0.05) is 51.5 Å². The van der Waals surface area contributed by atoms with E-state index in [9.17, 15) is 10.2 Å². The molecule has 1 rings (SSSR count). The summed E-state index contributed by atoms with van der Waals surface area (Å²) in [5.74, 6) is 0.642. The maximum Gasteiger partial charge on any atom is 0.0914 e. The predicted molar refractivity (Wildman–Crippen MR) is 88.3 cm³/mol. The Kier molecular flexibility index (Phi) is 7.36. The zero-order valence-electron chi connectivity index (χ0n) is 13.9. The quantitative estimate of drug-likeness (QED) is 0.656. The molecule has 0 saturated carbocycles. The van der Waals surface area contributed by atoms with Gasteiger partial charge < -0.3 is 15.5 Å². The highest BCUT2D eigenvalue weighted by Gasteiger charge is 2.19. The van der Waals surface area contributed by atoms with E-state index in [1.807, 2.05) is 19.1 Å². The normalized spacial score (nSPS) is 16.0. The molecular formula is C18H31NO2. The average Bonchev–Trinajstić information content (AvgIpc) is 2.38. The van der Waals surface area contributed by atoms with Crippen molar-refractivity contribution in [1.29, 1.82) is 0 Å². The lowest BCUT2D eigenvalue weighted by Gasteiger charge is -2.24. The summed E-state index contributed by atoms with van der Waals surface area (Å²) in [4.78, 5) is 0. The predicted octanol–water partition coefficient (Wildman–Crippen LogP) is 3.06. The molecular weight excluding hydrogens is 262 g/mol. The van der Waals surface area contributed by atoms with Crippen molar-refractivity contribution in [1.82, 2.24) is 5.32 Å². The molecule has 0 bridgehead atoms. The van der Waals surface area contributed by atoms with Gasteiger partial charge in [0.1, 0.15) is 0 Å². The summed E-state index contributed by atoms with van der Waals surface area (Å²) in [7, 11) is 0. The van der Waals surface area contributed by atoms with Gasteiger partial charge in [0.15, 0.2) is 0 Å². The Labute approximate surface area is 129 Å². The van der Waals surface area contributed by atoms with Crippen LogP contribution in [0.1, 0.15) is 57.8 Å². The Bertz CT molecular complexity index is 398. The second-order valence-electron chi connectivity index (χ2n) is 6.73. The van der Waals surface area contributed by atoms with Gasteiger partial charge in [0, 0.05) is 13.1 Å². The van der Waals surface area contributed by atoms with Crippen LogP contribution in [0.2, 0.25) is 0 Å². The minimum atomic E-state index is -0.699. The molecule has 1 aromatic carbocycles. The molecule has 0 aliphatic rings. The Hall–Kier alpha value is -0.900. The van der Waals surface area contributed by atoms with Crippen LogP contribution >= 0.6 is 0 Å². The second-order valence-corrected chi connectivity index (χ2v) is 6.73. The van der Waals surface area contributed by atoms with Crippen molar-refractivity contribution >= 4 is 0 Å². The zero-order chi connectivity index (χ0) is 15.9. The zero-order valence-corrected chi connectivity index (χ0v) is 13.9. The third-order valence-corrected chi connectivity index (χ3v) is 3.64. The highest BCUT2D eigenvalue weighted by molar-refractivity contribution is 5.24. The van der Waals surface area contributed by atoms with E-state index in [4.69, 9.17) is 0 Å². The summed E-state index contributed by atoms with van der Waals surface area (Å²) in [6.45, 7) is 9.26. The van der Waals surface area contributed by atoms with Crippen LogP contribution in [0.25, 0.3) is 0 Å². The maximum atomic E-state index is 10.2. The van der Waals surface area contributed by atoms with Crippen molar-refractivity contribution in [3.63, 3.8) is 0 Å². The van der Waals surface area contributed by atoms with E-state index >= 15 is 0 Å². The summed E-state index contributed by atoms with van der Waals surface area (Å²) in [6.07, 6.45) is 2.25. The van der Waals surface area contributed by atoms with Crippen molar-refractivity contribution in [2.24, 2.45) is 5.92 Å². The molecule has 3 nitrogen and oxygen atoms in total. The van der Waals surface area contributed by atoms with Gasteiger partial charge in [-0.25, -0.2) is 0 Å². The average molecular weight is 293 g/mol. The number of nitrogens with one attached hydrogen (secondary N) is 1. The molecule has 0 spiro atoms. The summed E-state index contributed by atoms with van der Waals surface area (Å²) < 4.78 is 0. The van der Waals surface area contributed by atoms with E-state index < -0.39 is 11.7 Å². The van der Waals surface area contributed by atoms with E-state index in [0.29, 0.717) is 19.0 Å². The first-order valence-corrected chi connectivity index (χ1v) is 8.04. The minimum Gasteiger partial charge on any atom is -0.389 e. The largest absolute Gasteiger partial charge is 0.389 e. The first kappa shape index (κ1) is 18.1. The number of rotatable bonds is 9. The van der Waals surface area contributed by atoms with Crippen LogP contribution in [-0.4, -0.2) is 28.9 Å². The smallest absolute Gasteiger partial charge is 0.0914 e. The number of aliphatic hydroxyl groups excluding tert-OH is 1. The highest BCUT2D eigenvalue weighted by Crippen LogP contribution is 2.16. The molecule has 0 fully saturated rings. The molecule has 2 unspecified atom stereocenters. The van der Waals surface area contributed by atoms with E-state index in [-0.39, 0.29) is 0 Å². The maximum absolute atomic E-state index is 10.2. The number of benzene rings is 1. The van der Waals surface area contributed by atoms with Crippen LogP contribution < -0.4 is 5.32 Å². The molecule has 0 aromatic heterocycles. The molecule has 0 aliphatic carbocycles. The molecule has 21 heavy (non-hydrogen) atoms. The standard InChI is InChI=1S/C18H31NO2/c1-5-10-18(4,21)13-19-12-17(20)16-8-6-15(7-9-16)11-14(2)3/h6-9,14,17,19-21H,5,10-13H2,1-4H3. The van der Waals surface area contributed by atoms with Crippen molar-refractivity contribution < 1.29 is 10.2 Å². The lowest BCUT2D eigenvalue weighted by Crippen LogP contribution is -2.39. The molecule has 120 valence electrons.